The molecule has 4 aromatic rings. The van der Waals surface area contributed by atoms with Gasteiger partial charge in [-0.1, -0.05) is 12.1 Å². The molecular formula is C28H30N6O3. The molecule has 37 heavy (non-hydrogen) atoms. The molecule has 0 saturated carbocycles. The van der Waals surface area contributed by atoms with E-state index < -0.39 is 0 Å². The van der Waals surface area contributed by atoms with Gasteiger partial charge in [-0.25, -0.2) is 9.97 Å². The van der Waals surface area contributed by atoms with E-state index >= 15 is 0 Å². The van der Waals surface area contributed by atoms with Crippen LogP contribution in [-0.2, 0) is 29.2 Å². The molecule has 4 heterocycles. The predicted molar refractivity (Wildman–Crippen MR) is 138 cm³/mol. The van der Waals surface area contributed by atoms with Gasteiger partial charge in [-0.3, -0.25) is 19.2 Å². The summed E-state index contributed by atoms with van der Waals surface area (Å²) in [5, 5.41) is 0. The van der Waals surface area contributed by atoms with E-state index in [0.717, 1.165) is 22.6 Å². The van der Waals surface area contributed by atoms with E-state index in [2.05, 4.69) is 19.9 Å². The van der Waals surface area contributed by atoms with Crippen molar-refractivity contribution in [1.82, 2.24) is 29.3 Å². The minimum absolute atomic E-state index is 0.0693. The van der Waals surface area contributed by atoms with Gasteiger partial charge in [0.25, 0.3) is 0 Å². The minimum Gasteiger partial charge on any atom is -0.497 e. The van der Waals surface area contributed by atoms with Crippen LogP contribution in [-0.4, -0.2) is 68.1 Å². The average Bonchev–Trinajstić information content (AvgIpc) is 3.34. The van der Waals surface area contributed by atoms with E-state index in [0.29, 0.717) is 45.3 Å². The maximum absolute atomic E-state index is 13.4. The molecule has 0 radical (unpaired) electrons. The summed E-state index contributed by atoms with van der Waals surface area (Å²) in [6, 6.07) is 17.5. The number of methoxy groups -OCH3 is 1. The molecule has 0 bridgehead atoms. The summed E-state index contributed by atoms with van der Waals surface area (Å²) in [6.07, 6.45) is 8.75. The first-order chi connectivity index (χ1) is 18.2. The molecule has 3 aromatic heterocycles. The van der Waals surface area contributed by atoms with Crippen LogP contribution >= 0.6 is 0 Å². The van der Waals surface area contributed by atoms with Gasteiger partial charge in [0.2, 0.25) is 11.9 Å². The van der Waals surface area contributed by atoms with Crippen molar-refractivity contribution < 1.29 is 14.3 Å². The lowest BCUT2D eigenvalue weighted by Crippen LogP contribution is -2.37. The topological polar surface area (TPSA) is 85.6 Å². The summed E-state index contributed by atoms with van der Waals surface area (Å²) in [7, 11) is 1.65. The quantitative estimate of drug-likeness (QED) is 0.351. The highest BCUT2D eigenvalue weighted by atomic mass is 16.5. The van der Waals surface area contributed by atoms with Gasteiger partial charge in [0.15, 0.2) is 0 Å². The number of ether oxygens (including phenoxy) is 2. The summed E-state index contributed by atoms with van der Waals surface area (Å²) in [5.74, 6) is 1.47. The lowest BCUT2D eigenvalue weighted by molar-refractivity contribution is -0.132. The van der Waals surface area contributed by atoms with E-state index in [1.165, 1.54) is 0 Å². The number of benzene rings is 1. The third kappa shape index (κ3) is 6.38. The summed E-state index contributed by atoms with van der Waals surface area (Å²) in [4.78, 5) is 30.3. The minimum atomic E-state index is -0.158. The first-order valence-corrected chi connectivity index (χ1v) is 12.2. The van der Waals surface area contributed by atoms with E-state index in [1.54, 1.807) is 38.0 Å². The Labute approximate surface area is 216 Å². The molecule has 1 saturated heterocycles. The highest BCUT2D eigenvalue weighted by molar-refractivity contribution is 5.78. The van der Waals surface area contributed by atoms with Gasteiger partial charge in [0.1, 0.15) is 5.75 Å². The van der Waals surface area contributed by atoms with Crippen molar-refractivity contribution in [3.8, 4) is 11.7 Å². The van der Waals surface area contributed by atoms with E-state index in [9.17, 15) is 4.79 Å². The molecule has 9 heteroatoms. The lowest BCUT2D eigenvalue weighted by atomic mass is 10.2. The molecule has 9 nitrogen and oxygen atoms in total. The molecule has 1 unspecified atom stereocenters. The molecular weight excluding hydrogens is 468 g/mol. The first kappa shape index (κ1) is 24.6. The monoisotopic (exact) mass is 498 g/mol. The Morgan fingerprint density at radius 1 is 0.892 bits per heavy atom. The van der Waals surface area contributed by atoms with Gasteiger partial charge >= 0.3 is 0 Å². The van der Waals surface area contributed by atoms with Crippen molar-refractivity contribution in [2.45, 2.75) is 25.8 Å². The summed E-state index contributed by atoms with van der Waals surface area (Å²) in [6.45, 7) is 2.97. The molecule has 1 aromatic carbocycles. The van der Waals surface area contributed by atoms with Crippen LogP contribution in [0.25, 0.3) is 5.95 Å². The number of amides is 1. The summed E-state index contributed by atoms with van der Waals surface area (Å²) >= 11 is 0. The maximum Gasteiger partial charge on any atom is 0.237 e. The summed E-state index contributed by atoms with van der Waals surface area (Å²) < 4.78 is 13.6. The molecule has 5 rings (SSSR count). The first-order valence-electron chi connectivity index (χ1n) is 12.2. The maximum atomic E-state index is 13.4. The molecule has 1 amide bonds. The van der Waals surface area contributed by atoms with Crippen molar-refractivity contribution in [3.05, 3.63) is 102 Å². The highest BCUT2D eigenvalue weighted by Crippen LogP contribution is 2.19. The van der Waals surface area contributed by atoms with Gasteiger partial charge in [-0.05, 0) is 53.6 Å². The standard InChI is InChI=1S/C28H30N6O3/c1-36-25-7-5-22(6-8-25)16-33-19-26(37-21-23-9-13-29-14-10-23)18-32(20-27(33)35)17-24-4-2-15-34(24)28-30-11-3-12-31-28/h2-15,26H,16-21H2,1H3. The zero-order valence-electron chi connectivity index (χ0n) is 20.8. The molecule has 0 N–H and O–H groups in total. The average molecular weight is 499 g/mol. The van der Waals surface area contributed by atoms with E-state index in [1.807, 2.05) is 64.2 Å². The third-order valence-corrected chi connectivity index (χ3v) is 6.35. The highest BCUT2D eigenvalue weighted by Gasteiger charge is 2.29. The Morgan fingerprint density at radius 2 is 1.68 bits per heavy atom. The predicted octanol–water partition coefficient (Wildman–Crippen LogP) is 3.10. The largest absolute Gasteiger partial charge is 0.497 e. The van der Waals surface area contributed by atoms with Gasteiger partial charge in [-0.2, -0.15) is 0 Å². The van der Waals surface area contributed by atoms with E-state index in [4.69, 9.17) is 9.47 Å². The zero-order chi connectivity index (χ0) is 25.5. The number of hydrogen-bond acceptors (Lipinski definition) is 7. The van der Waals surface area contributed by atoms with Gasteiger partial charge in [0, 0.05) is 62.9 Å². The Balaban J connectivity index is 1.34. The van der Waals surface area contributed by atoms with Gasteiger partial charge in [-0.15, -0.1) is 0 Å². The molecule has 1 atom stereocenters. The van der Waals surface area contributed by atoms with Crippen molar-refractivity contribution >= 4 is 5.91 Å². The molecule has 1 aliphatic rings. The van der Waals surface area contributed by atoms with Crippen molar-refractivity contribution in [2.24, 2.45) is 0 Å². The molecule has 1 fully saturated rings. The second-order valence-corrected chi connectivity index (χ2v) is 9.00. The smallest absolute Gasteiger partial charge is 0.237 e. The van der Waals surface area contributed by atoms with Gasteiger partial charge < -0.3 is 14.4 Å². The van der Waals surface area contributed by atoms with Crippen LogP contribution in [0.4, 0.5) is 0 Å². The third-order valence-electron chi connectivity index (χ3n) is 6.35. The lowest BCUT2D eigenvalue weighted by Gasteiger charge is -2.25. The Bertz CT molecular complexity index is 1280. The van der Waals surface area contributed by atoms with Crippen molar-refractivity contribution in [2.75, 3.05) is 26.7 Å². The van der Waals surface area contributed by atoms with Crippen LogP contribution in [0.3, 0.4) is 0 Å². The second-order valence-electron chi connectivity index (χ2n) is 9.00. The van der Waals surface area contributed by atoms with Crippen LogP contribution < -0.4 is 4.74 Å². The number of nitrogens with zero attached hydrogens (tertiary/aromatic N) is 6. The Kier molecular flexibility index (Phi) is 7.83. The molecule has 1 aliphatic heterocycles. The number of pyridine rings is 1. The van der Waals surface area contributed by atoms with Crippen molar-refractivity contribution in [3.63, 3.8) is 0 Å². The van der Waals surface area contributed by atoms with Gasteiger partial charge in [0.05, 0.1) is 26.4 Å². The number of rotatable bonds is 9. The number of aromatic nitrogens is 4. The Morgan fingerprint density at radius 3 is 2.43 bits per heavy atom. The Hall–Kier alpha value is -4.08. The summed E-state index contributed by atoms with van der Waals surface area (Å²) in [5.41, 5.74) is 3.11. The fraction of sp³-hybridized carbons (Fsp3) is 0.286. The number of hydrogen-bond donors (Lipinski definition) is 0. The zero-order valence-corrected chi connectivity index (χ0v) is 20.8. The van der Waals surface area contributed by atoms with Crippen molar-refractivity contribution in [1.29, 1.82) is 0 Å². The molecule has 0 aliphatic carbocycles. The van der Waals surface area contributed by atoms with Crippen LogP contribution in [0, 0.1) is 0 Å². The normalized spacial score (nSPS) is 16.5. The molecule has 0 spiro atoms. The second kappa shape index (κ2) is 11.8. The van der Waals surface area contributed by atoms with Crippen LogP contribution in [0.15, 0.2) is 85.6 Å². The fourth-order valence-electron chi connectivity index (χ4n) is 4.46. The van der Waals surface area contributed by atoms with Crippen LogP contribution in [0.1, 0.15) is 16.8 Å². The van der Waals surface area contributed by atoms with Crippen LogP contribution in [0.2, 0.25) is 0 Å². The van der Waals surface area contributed by atoms with E-state index in [-0.39, 0.29) is 12.0 Å². The fourth-order valence-corrected chi connectivity index (χ4v) is 4.46. The molecule has 190 valence electrons. The number of carbonyl (C=O) groups excluding carboxylic acids is 1. The number of carbonyl (C=O) groups is 1. The SMILES string of the molecule is COc1ccc(CN2CC(OCc3ccncc3)CN(Cc3cccn3-c3ncccn3)CC2=O)cc1. The van der Waals surface area contributed by atoms with Crippen LogP contribution in [0.5, 0.6) is 5.75 Å².